The molecule has 0 radical (unpaired) electrons. The quantitative estimate of drug-likeness (QED) is 0.529. The lowest BCUT2D eigenvalue weighted by Gasteiger charge is -2.08. The van der Waals surface area contributed by atoms with E-state index in [1.54, 1.807) is 0 Å². The van der Waals surface area contributed by atoms with Crippen molar-refractivity contribution in [1.29, 1.82) is 0 Å². The number of hydrogen-bond donors (Lipinski definition) is 2. The van der Waals surface area contributed by atoms with Crippen molar-refractivity contribution < 1.29 is 19.6 Å². The smallest absolute Gasteiger partial charge is 0.465 e. The van der Waals surface area contributed by atoms with Crippen LogP contribution in [-0.2, 0) is 4.74 Å². The van der Waals surface area contributed by atoms with Crippen LogP contribution in [0.4, 0.5) is 0 Å². The minimum Gasteiger partial charge on any atom is -0.465 e. The molecule has 0 aliphatic rings. The van der Waals surface area contributed by atoms with Crippen molar-refractivity contribution in [3.63, 3.8) is 0 Å². The van der Waals surface area contributed by atoms with Crippen LogP contribution in [0.5, 0.6) is 0 Å². The molecule has 14 heavy (non-hydrogen) atoms. The third-order valence-corrected chi connectivity index (χ3v) is 2.05. The van der Waals surface area contributed by atoms with Gasteiger partial charge in [0.05, 0.1) is 12.7 Å². The molecule has 0 heterocycles. The van der Waals surface area contributed by atoms with Gasteiger partial charge in [-0.05, 0) is 12.1 Å². The number of carbonyl (C=O) groups excluding carboxylic acids is 1. The molecule has 0 saturated heterocycles. The van der Waals surface area contributed by atoms with E-state index < -0.39 is 13.1 Å². The molecular formula is C8H8BClO4. The second kappa shape index (κ2) is 4.46. The number of ether oxygens (including phenoxy) is 1. The maximum absolute atomic E-state index is 11.2. The van der Waals surface area contributed by atoms with Crippen LogP contribution >= 0.6 is 11.6 Å². The van der Waals surface area contributed by atoms with E-state index in [-0.39, 0.29) is 16.0 Å². The fourth-order valence-corrected chi connectivity index (χ4v) is 1.36. The largest absolute Gasteiger partial charge is 0.490 e. The van der Waals surface area contributed by atoms with Crippen LogP contribution in [-0.4, -0.2) is 30.2 Å². The van der Waals surface area contributed by atoms with Gasteiger partial charge in [-0.1, -0.05) is 17.7 Å². The zero-order valence-electron chi connectivity index (χ0n) is 7.40. The summed E-state index contributed by atoms with van der Waals surface area (Å²) in [6.07, 6.45) is 0. The van der Waals surface area contributed by atoms with Gasteiger partial charge in [0, 0.05) is 10.5 Å². The first-order chi connectivity index (χ1) is 6.57. The van der Waals surface area contributed by atoms with Crippen LogP contribution in [0.1, 0.15) is 10.4 Å². The summed E-state index contributed by atoms with van der Waals surface area (Å²) < 4.78 is 4.46. The fourth-order valence-electron chi connectivity index (χ4n) is 1.09. The van der Waals surface area contributed by atoms with Gasteiger partial charge in [-0.3, -0.25) is 0 Å². The van der Waals surface area contributed by atoms with Crippen molar-refractivity contribution in [2.24, 2.45) is 0 Å². The second-order valence-corrected chi connectivity index (χ2v) is 2.97. The van der Waals surface area contributed by atoms with Crippen LogP contribution in [0.25, 0.3) is 0 Å². The molecule has 74 valence electrons. The monoisotopic (exact) mass is 214 g/mol. The standard InChI is InChI=1S/C8H8BClO4/c1-14-8(11)5-3-2-4-6(10)7(5)9(12)13/h2-4,12-13H,1H3. The number of esters is 1. The second-order valence-electron chi connectivity index (χ2n) is 2.57. The Hall–Kier alpha value is -1.04. The number of carbonyl (C=O) groups is 1. The maximum atomic E-state index is 11.2. The average Bonchev–Trinajstić information content (AvgIpc) is 2.15. The van der Waals surface area contributed by atoms with Crippen LogP contribution in [0, 0.1) is 0 Å². The minimum atomic E-state index is -1.79. The minimum absolute atomic E-state index is 0.0407. The Balaban J connectivity index is 3.28. The van der Waals surface area contributed by atoms with E-state index in [1.807, 2.05) is 0 Å². The summed E-state index contributed by atoms with van der Waals surface area (Å²) in [7, 11) is -0.589. The van der Waals surface area contributed by atoms with E-state index in [9.17, 15) is 4.79 Å². The first-order valence-corrected chi connectivity index (χ1v) is 4.18. The van der Waals surface area contributed by atoms with Crippen molar-refractivity contribution in [1.82, 2.24) is 0 Å². The number of hydrogen-bond acceptors (Lipinski definition) is 4. The average molecular weight is 214 g/mol. The Morgan fingerprint density at radius 3 is 2.64 bits per heavy atom. The van der Waals surface area contributed by atoms with E-state index in [0.717, 1.165) is 0 Å². The van der Waals surface area contributed by atoms with Crippen molar-refractivity contribution in [2.75, 3.05) is 7.11 Å². The summed E-state index contributed by atoms with van der Waals surface area (Å²) in [5, 5.41) is 18.1. The van der Waals surface area contributed by atoms with E-state index >= 15 is 0 Å². The van der Waals surface area contributed by atoms with Crippen molar-refractivity contribution in [3.8, 4) is 0 Å². The van der Waals surface area contributed by atoms with Crippen molar-refractivity contribution in [3.05, 3.63) is 28.8 Å². The summed E-state index contributed by atoms with van der Waals surface area (Å²) in [6, 6.07) is 4.40. The molecule has 2 N–H and O–H groups in total. The van der Waals surface area contributed by atoms with Gasteiger partial charge in [0.25, 0.3) is 0 Å². The Morgan fingerprint density at radius 1 is 1.50 bits per heavy atom. The zero-order valence-corrected chi connectivity index (χ0v) is 8.15. The molecule has 1 aromatic carbocycles. The van der Waals surface area contributed by atoms with Crippen LogP contribution < -0.4 is 5.46 Å². The van der Waals surface area contributed by atoms with Gasteiger partial charge in [-0.2, -0.15) is 0 Å². The Morgan fingerprint density at radius 2 is 2.14 bits per heavy atom. The van der Waals surface area contributed by atoms with Crippen LogP contribution in [0.3, 0.4) is 0 Å². The molecule has 0 fully saturated rings. The van der Waals surface area contributed by atoms with Gasteiger partial charge in [-0.25, -0.2) is 4.79 Å². The first-order valence-electron chi connectivity index (χ1n) is 3.80. The van der Waals surface area contributed by atoms with E-state index in [1.165, 1.54) is 25.3 Å². The molecule has 6 heteroatoms. The third kappa shape index (κ3) is 2.06. The molecule has 0 spiro atoms. The highest BCUT2D eigenvalue weighted by atomic mass is 35.5. The van der Waals surface area contributed by atoms with Crippen molar-refractivity contribution >= 4 is 30.2 Å². The number of benzene rings is 1. The molecule has 0 amide bonds. The highest BCUT2D eigenvalue weighted by molar-refractivity contribution is 6.64. The number of rotatable bonds is 2. The van der Waals surface area contributed by atoms with Crippen LogP contribution in [0.2, 0.25) is 5.02 Å². The Labute approximate surface area is 86.2 Å². The highest BCUT2D eigenvalue weighted by Gasteiger charge is 2.23. The van der Waals surface area contributed by atoms with Gasteiger partial charge in [-0.15, -0.1) is 0 Å². The molecule has 0 aromatic heterocycles. The normalized spacial score (nSPS) is 9.71. The topological polar surface area (TPSA) is 66.8 Å². The molecule has 0 unspecified atom stereocenters. The molecule has 0 bridgehead atoms. The predicted molar refractivity (Wildman–Crippen MR) is 52.6 cm³/mol. The van der Waals surface area contributed by atoms with Gasteiger partial charge < -0.3 is 14.8 Å². The van der Waals surface area contributed by atoms with Crippen LogP contribution in [0.15, 0.2) is 18.2 Å². The van der Waals surface area contributed by atoms with E-state index in [4.69, 9.17) is 21.6 Å². The third-order valence-electron chi connectivity index (χ3n) is 1.72. The molecule has 0 aliphatic heterocycles. The summed E-state index contributed by atoms with van der Waals surface area (Å²) in [5.74, 6) is -0.657. The number of halogens is 1. The van der Waals surface area contributed by atoms with Gasteiger partial charge >= 0.3 is 13.1 Å². The Bertz CT molecular complexity index is 353. The maximum Gasteiger partial charge on any atom is 0.490 e. The molecule has 1 rings (SSSR count). The molecular weight excluding hydrogens is 206 g/mol. The first kappa shape index (κ1) is 11.0. The highest BCUT2D eigenvalue weighted by Crippen LogP contribution is 2.09. The molecule has 0 aliphatic carbocycles. The fraction of sp³-hybridized carbons (Fsp3) is 0.125. The van der Waals surface area contributed by atoms with Gasteiger partial charge in [0.15, 0.2) is 0 Å². The van der Waals surface area contributed by atoms with E-state index in [2.05, 4.69) is 4.74 Å². The molecule has 1 aromatic rings. The van der Waals surface area contributed by atoms with Gasteiger partial charge in [0.1, 0.15) is 0 Å². The Kier molecular flexibility index (Phi) is 3.52. The zero-order chi connectivity index (χ0) is 10.7. The van der Waals surface area contributed by atoms with Gasteiger partial charge in [0.2, 0.25) is 0 Å². The predicted octanol–water partition coefficient (Wildman–Crippen LogP) is -0.194. The molecule has 0 saturated carbocycles. The summed E-state index contributed by atoms with van der Waals surface area (Å²) in [5.41, 5.74) is 0.0102. The molecule has 0 atom stereocenters. The SMILES string of the molecule is COC(=O)c1cccc(Cl)c1B(O)O. The lowest BCUT2D eigenvalue weighted by molar-refractivity contribution is 0.0601. The summed E-state index contributed by atoms with van der Waals surface area (Å²) in [6.45, 7) is 0. The lowest BCUT2D eigenvalue weighted by atomic mass is 9.77. The summed E-state index contributed by atoms with van der Waals surface area (Å²) in [4.78, 5) is 11.2. The van der Waals surface area contributed by atoms with Crippen molar-refractivity contribution in [2.45, 2.75) is 0 Å². The lowest BCUT2D eigenvalue weighted by Crippen LogP contribution is -2.35. The number of methoxy groups -OCH3 is 1. The molecule has 4 nitrogen and oxygen atoms in total. The summed E-state index contributed by atoms with van der Waals surface area (Å²) >= 11 is 5.70. The van der Waals surface area contributed by atoms with E-state index in [0.29, 0.717) is 0 Å².